The average Bonchev–Trinajstić information content (AvgIpc) is 2.94. The predicted octanol–water partition coefficient (Wildman–Crippen LogP) is 2.88. The zero-order chi connectivity index (χ0) is 12.5. The number of thiophene rings is 1. The largest absolute Gasteiger partial charge is 0.369 e. The molecule has 5 heteroatoms. The van der Waals surface area contributed by atoms with Crippen molar-refractivity contribution in [2.24, 2.45) is 0 Å². The van der Waals surface area contributed by atoms with E-state index in [1.165, 1.54) is 5.56 Å². The van der Waals surface area contributed by atoms with E-state index < -0.39 is 0 Å². The van der Waals surface area contributed by atoms with Gasteiger partial charge in [-0.1, -0.05) is 0 Å². The number of nitrogens with two attached hydrogens (primary N) is 1. The Morgan fingerprint density at radius 2 is 2.33 bits per heavy atom. The molecule has 1 atom stereocenters. The molecule has 0 amide bonds. The minimum Gasteiger partial charge on any atom is -0.369 e. The smallest absolute Gasteiger partial charge is 0.201 e. The third kappa shape index (κ3) is 1.86. The summed E-state index contributed by atoms with van der Waals surface area (Å²) in [6.45, 7) is 2.16. The van der Waals surface area contributed by atoms with E-state index in [2.05, 4.69) is 38.3 Å². The highest BCUT2D eigenvalue weighted by atomic mass is 32.1. The lowest BCUT2D eigenvalue weighted by atomic mass is 10.1. The van der Waals surface area contributed by atoms with Gasteiger partial charge in [0.1, 0.15) is 5.52 Å². The molecule has 4 nitrogen and oxygen atoms in total. The molecule has 0 aliphatic carbocycles. The van der Waals surface area contributed by atoms with Gasteiger partial charge < -0.3 is 10.3 Å². The normalized spacial score (nSPS) is 12.9. The Morgan fingerprint density at radius 3 is 3.11 bits per heavy atom. The van der Waals surface area contributed by atoms with Gasteiger partial charge in [-0.05, 0) is 41.8 Å². The molecule has 18 heavy (non-hydrogen) atoms. The van der Waals surface area contributed by atoms with Gasteiger partial charge in [-0.25, -0.2) is 4.98 Å². The molecule has 0 bridgehead atoms. The van der Waals surface area contributed by atoms with Gasteiger partial charge in [-0.3, -0.25) is 4.98 Å². The standard InChI is InChI=1S/C13H14N4S/c1-9(6-10-3-5-18-8-10)17-12-2-4-15-7-11(12)16-13(17)14/h2-5,7-9H,6H2,1H3,(H2,14,16). The maximum atomic E-state index is 6.01. The summed E-state index contributed by atoms with van der Waals surface area (Å²) in [5.74, 6) is 0.556. The van der Waals surface area contributed by atoms with E-state index >= 15 is 0 Å². The van der Waals surface area contributed by atoms with Crippen LogP contribution in [0.15, 0.2) is 35.3 Å². The lowest BCUT2D eigenvalue weighted by Gasteiger charge is -2.15. The SMILES string of the molecule is CC(Cc1ccsc1)n1c(N)nc2cnccc21. The van der Waals surface area contributed by atoms with E-state index in [-0.39, 0.29) is 6.04 Å². The molecule has 0 aromatic carbocycles. The minimum absolute atomic E-state index is 0.284. The topological polar surface area (TPSA) is 56.7 Å². The highest BCUT2D eigenvalue weighted by Gasteiger charge is 2.14. The molecule has 0 aliphatic rings. The van der Waals surface area contributed by atoms with E-state index in [0.717, 1.165) is 17.5 Å². The predicted molar refractivity (Wildman–Crippen MR) is 74.7 cm³/mol. The first-order chi connectivity index (χ1) is 8.75. The maximum absolute atomic E-state index is 6.01. The van der Waals surface area contributed by atoms with Crippen molar-refractivity contribution in [3.8, 4) is 0 Å². The molecule has 0 spiro atoms. The third-order valence-corrected chi connectivity index (χ3v) is 3.80. The van der Waals surface area contributed by atoms with Crippen LogP contribution in [0.3, 0.4) is 0 Å². The van der Waals surface area contributed by atoms with Crippen LogP contribution < -0.4 is 5.73 Å². The Kier molecular flexibility index (Phi) is 2.76. The van der Waals surface area contributed by atoms with Crippen molar-refractivity contribution in [1.82, 2.24) is 14.5 Å². The molecule has 1 unspecified atom stereocenters. The lowest BCUT2D eigenvalue weighted by Crippen LogP contribution is -2.11. The molecule has 0 saturated carbocycles. The molecule has 0 aliphatic heterocycles. The average molecular weight is 258 g/mol. The summed E-state index contributed by atoms with van der Waals surface area (Å²) in [6, 6.07) is 4.40. The number of hydrogen-bond acceptors (Lipinski definition) is 4. The molecule has 2 N–H and O–H groups in total. The number of aromatic nitrogens is 3. The van der Waals surface area contributed by atoms with Gasteiger partial charge in [0.25, 0.3) is 0 Å². The monoisotopic (exact) mass is 258 g/mol. The fraction of sp³-hybridized carbons (Fsp3) is 0.231. The lowest BCUT2D eigenvalue weighted by molar-refractivity contribution is 0.567. The summed E-state index contributed by atoms with van der Waals surface area (Å²) < 4.78 is 2.08. The number of rotatable bonds is 3. The summed E-state index contributed by atoms with van der Waals surface area (Å²) in [6.07, 6.45) is 4.48. The number of nitrogens with zero attached hydrogens (tertiary/aromatic N) is 3. The van der Waals surface area contributed by atoms with Crippen molar-refractivity contribution in [3.05, 3.63) is 40.8 Å². The molecule has 3 aromatic rings. The molecule has 0 fully saturated rings. The number of imidazole rings is 1. The van der Waals surface area contributed by atoms with Gasteiger partial charge in [0.05, 0.1) is 11.7 Å². The van der Waals surface area contributed by atoms with Crippen molar-refractivity contribution < 1.29 is 0 Å². The van der Waals surface area contributed by atoms with Crippen LogP contribution >= 0.6 is 11.3 Å². The molecule has 3 heterocycles. The second-order valence-electron chi connectivity index (χ2n) is 4.39. The van der Waals surface area contributed by atoms with Crippen molar-refractivity contribution in [1.29, 1.82) is 0 Å². The summed E-state index contributed by atoms with van der Waals surface area (Å²) in [4.78, 5) is 8.42. The Hall–Kier alpha value is -1.88. The zero-order valence-electron chi connectivity index (χ0n) is 10.1. The molecule has 0 radical (unpaired) electrons. The van der Waals surface area contributed by atoms with Gasteiger partial charge in [0.15, 0.2) is 0 Å². The quantitative estimate of drug-likeness (QED) is 0.786. The number of hydrogen-bond donors (Lipinski definition) is 1. The van der Waals surface area contributed by atoms with Gasteiger partial charge in [-0.2, -0.15) is 11.3 Å². The van der Waals surface area contributed by atoms with E-state index in [4.69, 9.17) is 5.73 Å². The van der Waals surface area contributed by atoms with Gasteiger partial charge in [-0.15, -0.1) is 0 Å². The second-order valence-corrected chi connectivity index (χ2v) is 5.17. The highest BCUT2D eigenvalue weighted by Crippen LogP contribution is 2.24. The van der Waals surface area contributed by atoms with Crippen LogP contribution in [-0.2, 0) is 6.42 Å². The molecule has 3 rings (SSSR count). The minimum atomic E-state index is 0.284. The first-order valence-electron chi connectivity index (χ1n) is 5.84. The zero-order valence-corrected chi connectivity index (χ0v) is 10.9. The molecule has 92 valence electrons. The maximum Gasteiger partial charge on any atom is 0.201 e. The summed E-state index contributed by atoms with van der Waals surface area (Å²) in [5.41, 5.74) is 9.25. The number of nitrogen functional groups attached to an aromatic ring is 1. The van der Waals surface area contributed by atoms with Crippen molar-refractivity contribution in [2.45, 2.75) is 19.4 Å². The molecule has 3 aromatic heterocycles. The first kappa shape index (κ1) is 11.2. The fourth-order valence-electron chi connectivity index (χ4n) is 2.27. The Bertz CT molecular complexity index is 657. The van der Waals surface area contributed by atoms with Crippen molar-refractivity contribution in [2.75, 3.05) is 5.73 Å². The van der Waals surface area contributed by atoms with Crippen LogP contribution in [0.2, 0.25) is 0 Å². The molecule has 0 saturated heterocycles. The first-order valence-corrected chi connectivity index (χ1v) is 6.78. The number of fused-ring (bicyclic) bond motifs is 1. The van der Waals surface area contributed by atoms with Crippen molar-refractivity contribution in [3.63, 3.8) is 0 Å². The van der Waals surface area contributed by atoms with E-state index in [1.807, 2.05) is 6.07 Å². The van der Waals surface area contributed by atoms with Gasteiger partial charge in [0.2, 0.25) is 5.95 Å². The van der Waals surface area contributed by atoms with Crippen LogP contribution in [0, 0.1) is 0 Å². The van der Waals surface area contributed by atoms with Crippen LogP contribution in [0.25, 0.3) is 11.0 Å². The van der Waals surface area contributed by atoms with Gasteiger partial charge >= 0.3 is 0 Å². The van der Waals surface area contributed by atoms with Crippen LogP contribution in [0.5, 0.6) is 0 Å². The second kappa shape index (κ2) is 4.42. The summed E-state index contributed by atoms with van der Waals surface area (Å²) >= 11 is 1.72. The van der Waals surface area contributed by atoms with E-state index in [0.29, 0.717) is 5.95 Å². The summed E-state index contributed by atoms with van der Waals surface area (Å²) in [5, 5.41) is 4.27. The number of pyridine rings is 1. The fourth-order valence-corrected chi connectivity index (χ4v) is 2.96. The number of anilines is 1. The van der Waals surface area contributed by atoms with Crippen LogP contribution in [0.1, 0.15) is 18.5 Å². The van der Waals surface area contributed by atoms with Crippen LogP contribution in [0.4, 0.5) is 5.95 Å². The summed E-state index contributed by atoms with van der Waals surface area (Å²) in [7, 11) is 0. The third-order valence-electron chi connectivity index (χ3n) is 3.07. The Balaban J connectivity index is 2.00. The Labute approximate surface area is 109 Å². The van der Waals surface area contributed by atoms with Crippen LogP contribution in [-0.4, -0.2) is 14.5 Å². The molecular formula is C13H14N4S. The Morgan fingerprint density at radius 1 is 1.44 bits per heavy atom. The van der Waals surface area contributed by atoms with E-state index in [9.17, 15) is 0 Å². The van der Waals surface area contributed by atoms with Gasteiger partial charge in [0, 0.05) is 12.2 Å². The molecular weight excluding hydrogens is 244 g/mol. The van der Waals surface area contributed by atoms with Crippen molar-refractivity contribution >= 4 is 28.3 Å². The highest BCUT2D eigenvalue weighted by molar-refractivity contribution is 7.07. The van der Waals surface area contributed by atoms with E-state index in [1.54, 1.807) is 23.7 Å².